The summed E-state index contributed by atoms with van der Waals surface area (Å²) >= 11 is 6.41. The number of unbranched alkanes of at least 4 members (excludes halogenated alkanes) is 1. The molecular formula is C18H19ClN2O. The lowest BCUT2D eigenvalue weighted by molar-refractivity contribution is 0.415. The number of nitrogens with zero attached hydrogens (tertiary/aromatic N) is 2. The highest BCUT2D eigenvalue weighted by molar-refractivity contribution is 6.35. The summed E-state index contributed by atoms with van der Waals surface area (Å²) in [5.74, 6) is 0.844. The first-order valence-corrected chi connectivity index (χ1v) is 7.92. The predicted octanol–water partition coefficient (Wildman–Crippen LogP) is 5.17. The molecule has 0 saturated heterocycles. The molecule has 3 aromatic rings. The normalized spacial score (nSPS) is 11.0. The van der Waals surface area contributed by atoms with Crippen molar-refractivity contribution < 1.29 is 4.74 Å². The number of rotatable bonds is 5. The number of hydrogen-bond donors (Lipinski definition) is 0. The molecule has 22 heavy (non-hydrogen) atoms. The van der Waals surface area contributed by atoms with Gasteiger partial charge in [0.05, 0.1) is 17.6 Å². The van der Waals surface area contributed by atoms with Crippen molar-refractivity contribution in [3.63, 3.8) is 0 Å². The van der Waals surface area contributed by atoms with Crippen LogP contribution in [0.4, 0.5) is 0 Å². The fourth-order valence-corrected chi connectivity index (χ4v) is 2.90. The second kappa shape index (κ2) is 6.41. The number of aromatic nitrogens is 2. The molecule has 0 aliphatic rings. The van der Waals surface area contributed by atoms with E-state index in [0.717, 1.165) is 52.3 Å². The van der Waals surface area contributed by atoms with E-state index in [0.29, 0.717) is 0 Å². The Morgan fingerprint density at radius 3 is 2.59 bits per heavy atom. The summed E-state index contributed by atoms with van der Waals surface area (Å²) in [6, 6.07) is 14.0. The van der Waals surface area contributed by atoms with E-state index < -0.39 is 0 Å². The SMILES string of the molecule is CCCCn1nc(-c2ccc(OC)cc2)c2cccc(Cl)c21. The summed E-state index contributed by atoms with van der Waals surface area (Å²) in [6.45, 7) is 3.06. The standard InChI is InChI=1S/C18H19ClN2O/c1-3-4-12-21-18-15(6-5-7-16(18)19)17(20-21)13-8-10-14(22-2)11-9-13/h5-11H,3-4,12H2,1-2H3. The van der Waals surface area contributed by atoms with E-state index in [-0.39, 0.29) is 0 Å². The van der Waals surface area contributed by atoms with Gasteiger partial charge in [0.2, 0.25) is 0 Å². The quantitative estimate of drug-likeness (QED) is 0.650. The first kappa shape index (κ1) is 14.9. The molecule has 1 aromatic heterocycles. The van der Waals surface area contributed by atoms with Crippen LogP contribution in [-0.2, 0) is 6.54 Å². The summed E-state index contributed by atoms with van der Waals surface area (Å²) in [7, 11) is 1.67. The number of para-hydroxylation sites is 1. The van der Waals surface area contributed by atoms with Gasteiger partial charge in [-0.15, -0.1) is 0 Å². The van der Waals surface area contributed by atoms with Crippen LogP contribution in [0.5, 0.6) is 5.75 Å². The predicted molar refractivity (Wildman–Crippen MR) is 91.6 cm³/mol. The maximum absolute atomic E-state index is 6.41. The Morgan fingerprint density at radius 1 is 1.14 bits per heavy atom. The molecule has 0 spiro atoms. The van der Waals surface area contributed by atoms with Gasteiger partial charge in [-0.2, -0.15) is 5.10 Å². The molecule has 0 saturated carbocycles. The maximum Gasteiger partial charge on any atom is 0.118 e. The van der Waals surface area contributed by atoms with Gasteiger partial charge in [0.15, 0.2) is 0 Å². The minimum absolute atomic E-state index is 0.751. The van der Waals surface area contributed by atoms with Crippen LogP contribution < -0.4 is 4.74 Å². The monoisotopic (exact) mass is 314 g/mol. The number of halogens is 1. The van der Waals surface area contributed by atoms with E-state index in [9.17, 15) is 0 Å². The van der Waals surface area contributed by atoms with E-state index in [1.807, 2.05) is 41.1 Å². The van der Waals surface area contributed by atoms with E-state index in [1.54, 1.807) is 7.11 Å². The Hall–Kier alpha value is -2.00. The maximum atomic E-state index is 6.41. The fraction of sp³-hybridized carbons (Fsp3) is 0.278. The molecule has 0 amide bonds. The first-order chi connectivity index (χ1) is 10.7. The molecule has 1 heterocycles. The fourth-order valence-electron chi connectivity index (χ4n) is 2.63. The van der Waals surface area contributed by atoms with Crippen LogP contribution in [0, 0.1) is 0 Å². The molecule has 0 bridgehead atoms. The lowest BCUT2D eigenvalue weighted by atomic mass is 10.1. The van der Waals surface area contributed by atoms with Gasteiger partial charge in [0, 0.05) is 17.5 Å². The number of fused-ring (bicyclic) bond motifs is 1. The molecule has 0 radical (unpaired) electrons. The average Bonchev–Trinajstić information content (AvgIpc) is 2.93. The topological polar surface area (TPSA) is 27.1 Å². The van der Waals surface area contributed by atoms with Crippen LogP contribution in [0.3, 0.4) is 0 Å². The summed E-state index contributed by atoms with van der Waals surface area (Å²) in [5, 5.41) is 6.65. The van der Waals surface area contributed by atoms with E-state index in [1.165, 1.54) is 0 Å². The zero-order valence-corrected chi connectivity index (χ0v) is 13.6. The highest BCUT2D eigenvalue weighted by Gasteiger charge is 2.14. The van der Waals surface area contributed by atoms with Crippen LogP contribution >= 0.6 is 11.6 Å². The van der Waals surface area contributed by atoms with Crippen LogP contribution in [0.15, 0.2) is 42.5 Å². The van der Waals surface area contributed by atoms with Crippen molar-refractivity contribution in [2.45, 2.75) is 26.3 Å². The van der Waals surface area contributed by atoms with Gasteiger partial charge in [0.1, 0.15) is 11.4 Å². The summed E-state index contributed by atoms with van der Waals surface area (Å²) in [6.07, 6.45) is 2.22. The first-order valence-electron chi connectivity index (χ1n) is 7.54. The lowest BCUT2D eigenvalue weighted by Crippen LogP contribution is -2.00. The summed E-state index contributed by atoms with van der Waals surface area (Å²) < 4.78 is 7.25. The van der Waals surface area contributed by atoms with Gasteiger partial charge < -0.3 is 4.74 Å². The molecule has 0 atom stereocenters. The van der Waals surface area contributed by atoms with Crippen LogP contribution in [0.25, 0.3) is 22.2 Å². The second-order valence-corrected chi connectivity index (χ2v) is 5.70. The average molecular weight is 315 g/mol. The number of hydrogen-bond acceptors (Lipinski definition) is 2. The van der Waals surface area contributed by atoms with E-state index >= 15 is 0 Å². The van der Waals surface area contributed by atoms with Gasteiger partial charge in [-0.3, -0.25) is 4.68 Å². The second-order valence-electron chi connectivity index (χ2n) is 5.29. The third-order valence-corrected chi connectivity index (χ3v) is 4.11. The molecule has 2 aromatic carbocycles. The summed E-state index contributed by atoms with van der Waals surface area (Å²) in [5.41, 5.74) is 3.06. The Bertz CT molecular complexity index is 778. The van der Waals surface area contributed by atoms with E-state index in [4.69, 9.17) is 21.4 Å². The zero-order chi connectivity index (χ0) is 15.5. The van der Waals surface area contributed by atoms with Crippen molar-refractivity contribution >= 4 is 22.5 Å². The molecule has 0 unspecified atom stereocenters. The lowest BCUT2D eigenvalue weighted by Gasteiger charge is -2.02. The van der Waals surface area contributed by atoms with Crippen molar-refractivity contribution in [2.75, 3.05) is 7.11 Å². The zero-order valence-electron chi connectivity index (χ0n) is 12.8. The molecule has 0 aliphatic carbocycles. The van der Waals surface area contributed by atoms with Gasteiger partial charge in [-0.05, 0) is 36.8 Å². The molecule has 3 nitrogen and oxygen atoms in total. The molecular weight excluding hydrogens is 296 g/mol. The van der Waals surface area contributed by atoms with Crippen molar-refractivity contribution in [1.29, 1.82) is 0 Å². The van der Waals surface area contributed by atoms with Crippen LogP contribution in [0.2, 0.25) is 5.02 Å². The summed E-state index contributed by atoms with van der Waals surface area (Å²) in [4.78, 5) is 0. The largest absolute Gasteiger partial charge is 0.497 e. The Kier molecular flexibility index (Phi) is 4.34. The van der Waals surface area contributed by atoms with Crippen molar-refractivity contribution in [3.05, 3.63) is 47.5 Å². The van der Waals surface area contributed by atoms with Crippen LogP contribution in [0.1, 0.15) is 19.8 Å². The Labute approximate surface area is 135 Å². The third-order valence-electron chi connectivity index (χ3n) is 3.81. The molecule has 0 aliphatic heterocycles. The molecule has 0 fully saturated rings. The van der Waals surface area contributed by atoms with E-state index in [2.05, 4.69) is 13.0 Å². The number of aryl methyl sites for hydroxylation is 1. The van der Waals surface area contributed by atoms with Gasteiger partial charge in [0.25, 0.3) is 0 Å². The van der Waals surface area contributed by atoms with Crippen LogP contribution in [-0.4, -0.2) is 16.9 Å². The van der Waals surface area contributed by atoms with Gasteiger partial charge in [-0.25, -0.2) is 0 Å². The number of methoxy groups -OCH3 is 1. The smallest absolute Gasteiger partial charge is 0.118 e. The number of ether oxygens (including phenoxy) is 1. The highest BCUT2D eigenvalue weighted by Crippen LogP contribution is 2.33. The Balaban J connectivity index is 2.14. The minimum atomic E-state index is 0.751. The number of benzene rings is 2. The van der Waals surface area contributed by atoms with Crippen molar-refractivity contribution in [3.8, 4) is 17.0 Å². The minimum Gasteiger partial charge on any atom is -0.497 e. The molecule has 0 N–H and O–H groups in total. The molecule has 4 heteroatoms. The highest BCUT2D eigenvalue weighted by atomic mass is 35.5. The Morgan fingerprint density at radius 2 is 1.91 bits per heavy atom. The van der Waals surface area contributed by atoms with Crippen molar-refractivity contribution in [2.24, 2.45) is 0 Å². The molecule has 114 valence electrons. The van der Waals surface area contributed by atoms with Gasteiger partial charge >= 0.3 is 0 Å². The van der Waals surface area contributed by atoms with Gasteiger partial charge in [-0.1, -0.05) is 37.1 Å². The van der Waals surface area contributed by atoms with Crippen molar-refractivity contribution in [1.82, 2.24) is 9.78 Å². The molecule has 3 rings (SSSR count). The third kappa shape index (κ3) is 2.69.